The van der Waals surface area contributed by atoms with Gasteiger partial charge < -0.3 is 25.3 Å². The van der Waals surface area contributed by atoms with Gasteiger partial charge in [0.05, 0.1) is 24.2 Å². The van der Waals surface area contributed by atoms with Crippen molar-refractivity contribution >= 4 is 23.7 Å². The lowest BCUT2D eigenvalue weighted by Gasteiger charge is -2.41. The van der Waals surface area contributed by atoms with Gasteiger partial charge in [-0.05, 0) is 57.9 Å². The van der Waals surface area contributed by atoms with E-state index in [2.05, 4.69) is 25.3 Å². The molecule has 5 fully saturated rings. The van der Waals surface area contributed by atoms with E-state index < -0.39 is 0 Å². The number of nitrogens with one attached hydrogen (secondary N) is 2. The summed E-state index contributed by atoms with van der Waals surface area (Å²) < 4.78 is 0. The van der Waals surface area contributed by atoms with Gasteiger partial charge in [0.2, 0.25) is 0 Å². The second kappa shape index (κ2) is 8.73. The molecular formula is C22H36ClN5O2. The highest BCUT2D eigenvalue weighted by atomic mass is 35.5. The van der Waals surface area contributed by atoms with Crippen LogP contribution >= 0.6 is 11.6 Å². The molecule has 0 spiro atoms. The Morgan fingerprint density at radius 2 is 1.60 bits per heavy atom. The zero-order valence-electron chi connectivity index (χ0n) is 17.9. The highest BCUT2D eigenvalue weighted by Crippen LogP contribution is 2.34. The molecule has 2 aliphatic carbocycles. The molecule has 7 nitrogen and oxygen atoms in total. The van der Waals surface area contributed by atoms with Crippen molar-refractivity contribution in [1.82, 2.24) is 25.3 Å². The van der Waals surface area contributed by atoms with Crippen LogP contribution in [0.2, 0.25) is 0 Å². The molecule has 2 saturated carbocycles. The third kappa shape index (κ3) is 3.99. The maximum absolute atomic E-state index is 12.6. The molecule has 2 N–H and O–H groups in total. The number of nitrogens with zero attached hydrogens (tertiary/aromatic N) is 3. The van der Waals surface area contributed by atoms with Crippen molar-refractivity contribution in [1.29, 1.82) is 0 Å². The summed E-state index contributed by atoms with van der Waals surface area (Å²) in [5, 5.41) is 6.57. The zero-order chi connectivity index (χ0) is 20.7. The van der Waals surface area contributed by atoms with Crippen LogP contribution in [-0.4, -0.2) is 88.5 Å². The number of halogens is 1. The quantitative estimate of drug-likeness (QED) is 0.650. The normalized spacial score (nSPS) is 37.7. The number of carbonyl (C=O) groups excluding carboxylic acids is 2. The average Bonchev–Trinajstić information content (AvgIpc) is 3.23. The molecule has 3 aliphatic heterocycles. The van der Waals surface area contributed by atoms with E-state index in [1.807, 2.05) is 0 Å². The molecular weight excluding hydrogens is 402 g/mol. The summed E-state index contributed by atoms with van der Waals surface area (Å²) >= 11 is 6.32. The maximum atomic E-state index is 12.6. The van der Waals surface area contributed by atoms with Crippen LogP contribution in [0.5, 0.6) is 0 Å². The number of alkyl halides is 1. The number of amides is 4. The van der Waals surface area contributed by atoms with Crippen LogP contribution in [0.25, 0.3) is 0 Å². The second-order valence-corrected chi connectivity index (χ2v) is 10.6. The number of urea groups is 2. The molecule has 30 heavy (non-hydrogen) atoms. The van der Waals surface area contributed by atoms with E-state index >= 15 is 0 Å². The van der Waals surface area contributed by atoms with Crippen LogP contribution in [-0.2, 0) is 0 Å². The molecule has 5 atom stereocenters. The van der Waals surface area contributed by atoms with E-state index in [4.69, 9.17) is 11.6 Å². The lowest BCUT2D eigenvalue weighted by atomic mass is 9.89. The first kappa shape index (κ1) is 20.7. The molecule has 168 valence electrons. The minimum atomic E-state index is 0.122. The largest absolute Gasteiger partial charge is 0.333 e. The van der Waals surface area contributed by atoms with Gasteiger partial charge in [0, 0.05) is 31.1 Å². The van der Waals surface area contributed by atoms with E-state index in [0.717, 1.165) is 77.5 Å². The standard InChI is InChI=1S/C22H36ClN5O2/c23-15-6-7-20-18(14-15)25-22(30)28(20)16-8-12-26(13-9-16)10-3-11-27-19-5-2-1-4-17(19)24-21(27)29/h15-20H,1-14H2,(H,24,29)(H,25,30). The van der Waals surface area contributed by atoms with Gasteiger partial charge in [-0.25, -0.2) is 9.59 Å². The molecule has 0 aromatic carbocycles. The second-order valence-electron chi connectivity index (χ2n) is 9.97. The van der Waals surface area contributed by atoms with Crippen LogP contribution in [0.3, 0.4) is 0 Å². The summed E-state index contributed by atoms with van der Waals surface area (Å²) in [6, 6.07) is 2.00. The Morgan fingerprint density at radius 3 is 2.43 bits per heavy atom. The Morgan fingerprint density at radius 1 is 0.833 bits per heavy atom. The predicted molar refractivity (Wildman–Crippen MR) is 117 cm³/mol. The third-order valence-electron chi connectivity index (χ3n) is 8.17. The number of hydrogen-bond donors (Lipinski definition) is 2. The summed E-state index contributed by atoms with van der Waals surface area (Å²) in [5.74, 6) is 0. The van der Waals surface area contributed by atoms with Gasteiger partial charge >= 0.3 is 12.1 Å². The Kier molecular flexibility index (Phi) is 6.02. The number of carbonyl (C=O) groups is 2. The lowest BCUT2D eigenvalue weighted by molar-refractivity contribution is 0.0998. The van der Waals surface area contributed by atoms with Crippen molar-refractivity contribution in [2.75, 3.05) is 26.2 Å². The topological polar surface area (TPSA) is 67.9 Å². The zero-order valence-corrected chi connectivity index (χ0v) is 18.7. The van der Waals surface area contributed by atoms with Crippen molar-refractivity contribution < 1.29 is 9.59 Å². The molecule has 3 heterocycles. The Hall–Kier alpha value is -1.21. The van der Waals surface area contributed by atoms with Crippen molar-refractivity contribution in [2.45, 2.75) is 99.8 Å². The summed E-state index contributed by atoms with van der Waals surface area (Å²) in [6.07, 6.45) is 10.9. The fraction of sp³-hybridized carbons (Fsp3) is 0.909. The van der Waals surface area contributed by atoms with Crippen molar-refractivity contribution in [3.8, 4) is 0 Å². The predicted octanol–water partition coefficient (Wildman–Crippen LogP) is 2.73. The first-order valence-electron chi connectivity index (χ1n) is 12.1. The summed E-state index contributed by atoms with van der Waals surface area (Å²) in [6.45, 7) is 4.00. The highest BCUT2D eigenvalue weighted by molar-refractivity contribution is 6.20. The van der Waals surface area contributed by atoms with Crippen LogP contribution < -0.4 is 10.6 Å². The van der Waals surface area contributed by atoms with Gasteiger partial charge in [-0.15, -0.1) is 11.6 Å². The summed E-state index contributed by atoms with van der Waals surface area (Å²) in [4.78, 5) is 31.7. The molecule has 5 rings (SSSR count). The van der Waals surface area contributed by atoms with E-state index in [-0.39, 0.29) is 23.5 Å². The molecule has 4 amide bonds. The van der Waals surface area contributed by atoms with Crippen molar-refractivity contribution in [3.05, 3.63) is 0 Å². The minimum absolute atomic E-state index is 0.122. The van der Waals surface area contributed by atoms with E-state index in [1.165, 1.54) is 12.8 Å². The molecule has 5 unspecified atom stereocenters. The van der Waals surface area contributed by atoms with E-state index in [9.17, 15) is 9.59 Å². The number of piperidine rings is 1. The third-order valence-corrected chi connectivity index (χ3v) is 8.57. The number of fused-ring (bicyclic) bond motifs is 2. The average molecular weight is 438 g/mol. The first-order chi connectivity index (χ1) is 14.6. The molecule has 0 bridgehead atoms. The number of rotatable bonds is 5. The van der Waals surface area contributed by atoms with Crippen molar-refractivity contribution in [2.24, 2.45) is 0 Å². The van der Waals surface area contributed by atoms with Crippen molar-refractivity contribution in [3.63, 3.8) is 0 Å². The van der Waals surface area contributed by atoms with E-state index in [1.54, 1.807) is 0 Å². The van der Waals surface area contributed by atoms with Gasteiger partial charge in [-0.2, -0.15) is 0 Å². The Bertz CT molecular complexity index is 655. The molecule has 3 saturated heterocycles. The Balaban J connectivity index is 1.07. The maximum Gasteiger partial charge on any atom is 0.318 e. The number of hydrogen-bond acceptors (Lipinski definition) is 3. The fourth-order valence-electron chi connectivity index (χ4n) is 6.61. The van der Waals surface area contributed by atoms with Gasteiger partial charge in [-0.3, -0.25) is 0 Å². The molecule has 8 heteroatoms. The number of likely N-dealkylation sites (tertiary alicyclic amines) is 1. The smallest absolute Gasteiger partial charge is 0.318 e. The minimum Gasteiger partial charge on any atom is -0.333 e. The molecule has 5 aliphatic rings. The summed E-state index contributed by atoms with van der Waals surface area (Å²) in [5.41, 5.74) is 0. The molecule has 0 radical (unpaired) electrons. The van der Waals surface area contributed by atoms with Gasteiger partial charge in [0.25, 0.3) is 0 Å². The molecule has 0 aromatic heterocycles. The first-order valence-corrected chi connectivity index (χ1v) is 12.6. The fourth-order valence-corrected chi connectivity index (χ4v) is 6.93. The van der Waals surface area contributed by atoms with Gasteiger partial charge in [0.1, 0.15) is 0 Å². The summed E-state index contributed by atoms with van der Waals surface area (Å²) in [7, 11) is 0. The lowest BCUT2D eigenvalue weighted by Crippen LogP contribution is -2.50. The Labute approximate surface area is 184 Å². The SMILES string of the molecule is O=C1NC2CCCCC2N1CCCN1CCC(N2C(=O)NC3CC(Cl)CCC32)CC1. The van der Waals surface area contributed by atoms with Crippen LogP contribution in [0.15, 0.2) is 0 Å². The monoisotopic (exact) mass is 437 g/mol. The van der Waals surface area contributed by atoms with Gasteiger partial charge in [-0.1, -0.05) is 12.8 Å². The highest BCUT2D eigenvalue weighted by Gasteiger charge is 2.46. The van der Waals surface area contributed by atoms with Crippen LogP contribution in [0.1, 0.15) is 64.2 Å². The van der Waals surface area contributed by atoms with Crippen LogP contribution in [0, 0.1) is 0 Å². The molecule has 0 aromatic rings. The van der Waals surface area contributed by atoms with Crippen LogP contribution in [0.4, 0.5) is 9.59 Å². The van der Waals surface area contributed by atoms with Gasteiger partial charge in [0.15, 0.2) is 0 Å². The van der Waals surface area contributed by atoms with E-state index in [0.29, 0.717) is 24.2 Å².